The molecule has 1 aliphatic rings. The van der Waals surface area contributed by atoms with Crippen molar-refractivity contribution in [1.29, 1.82) is 0 Å². The Morgan fingerprint density at radius 1 is 1.29 bits per heavy atom. The zero-order valence-electron chi connectivity index (χ0n) is 10.8. The van der Waals surface area contributed by atoms with Crippen LogP contribution in [0.15, 0.2) is 12.1 Å². The number of carbonyl (C=O) groups is 2. The number of anilines is 1. The average Bonchev–Trinajstić information content (AvgIpc) is 2.90. The lowest BCUT2D eigenvalue weighted by Crippen LogP contribution is -2.36. The Morgan fingerprint density at radius 2 is 1.95 bits per heavy atom. The van der Waals surface area contributed by atoms with Crippen LogP contribution in [0.4, 0.5) is 11.4 Å². The van der Waals surface area contributed by atoms with Crippen LogP contribution in [0.5, 0.6) is 11.5 Å². The monoisotopic (exact) mass is 296 g/mol. The van der Waals surface area contributed by atoms with Crippen molar-refractivity contribution in [3.8, 4) is 11.5 Å². The van der Waals surface area contributed by atoms with Crippen molar-refractivity contribution in [3.63, 3.8) is 0 Å². The van der Waals surface area contributed by atoms with E-state index < -0.39 is 16.7 Å². The third kappa shape index (κ3) is 3.36. The number of nitrogens with one attached hydrogen (secondary N) is 2. The van der Waals surface area contributed by atoms with Crippen LogP contribution in [0.1, 0.15) is 0 Å². The van der Waals surface area contributed by atoms with Gasteiger partial charge in [0.15, 0.2) is 11.5 Å². The zero-order valence-corrected chi connectivity index (χ0v) is 10.8. The van der Waals surface area contributed by atoms with Crippen LogP contribution in [0.25, 0.3) is 0 Å². The van der Waals surface area contributed by atoms with Gasteiger partial charge in [-0.15, -0.1) is 0 Å². The van der Waals surface area contributed by atoms with Gasteiger partial charge in [0.2, 0.25) is 18.6 Å². The van der Waals surface area contributed by atoms with Crippen LogP contribution in [-0.2, 0) is 9.59 Å². The highest BCUT2D eigenvalue weighted by atomic mass is 16.7. The number of benzene rings is 1. The van der Waals surface area contributed by atoms with E-state index in [1.54, 1.807) is 0 Å². The minimum Gasteiger partial charge on any atom is -0.454 e. The summed E-state index contributed by atoms with van der Waals surface area (Å²) in [4.78, 5) is 32.9. The van der Waals surface area contributed by atoms with Crippen LogP contribution in [-0.4, -0.2) is 36.6 Å². The van der Waals surface area contributed by atoms with Crippen LogP contribution < -0.4 is 25.8 Å². The van der Waals surface area contributed by atoms with Gasteiger partial charge in [-0.3, -0.25) is 19.7 Å². The SMILES string of the molecule is NCC(=O)NCC(=O)Nc1cc2c(cc1[N+](=O)[O-])OCO2. The molecule has 112 valence electrons. The van der Waals surface area contributed by atoms with Crippen molar-refractivity contribution in [2.75, 3.05) is 25.2 Å². The van der Waals surface area contributed by atoms with E-state index in [2.05, 4.69) is 10.6 Å². The van der Waals surface area contributed by atoms with Gasteiger partial charge in [-0.05, 0) is 0 Å². The first-order valence-corrected chi connectivity index (χ1v) is 5.86. The van der Waals surface area contributed by atoms with E-state index in [4.69, 9.17) is 15.2 Å². The molecule has 0 saturated carbocycles. The third-order valence-corrected chi connectivity index (χ3v) is 2.59. The maximum absolute atomic E-state index is 11.6. The smallest absolute Gasteiger partial charge is 0.296 e. The molecule has 0 unspecified atom stereocenters. The van der Waals surface area contributed by atoms with Crippen LogP contribution in [0.3, 0.4) is 0 Å². The second-order valence-electron chi connectivity index (χ2n) is 4.01. The molecule has 0 aliphatic carbocycles. The summed E-state index contributed by atoms with van der Waals surface area (Å²) in [5.74, 6) is -0.609. The van der Waals surface area contributed by atoms with Gasteiger partial charge in [0.1, 0.15) is 5.69 Å². The summed E-state index contributed by atoms with van der Waals surface area (Å²) in [5, 5.41) is 15.6. The van der Waals surface area contributed by atoms with Gasteiger partial charge in [-0.2, -0.15) is 0 Å². The van der Waals surface area contributed by atoms with E-state index in [0.717, 1.165) is 6.07 Å². The van der Waals surface area contributed by atoms with Gasteiger partial charge >= 0.3 is 0 Å². The van der Waals surface area contributed by atoms with Crippen molar-refractivity contribution in [2.24, 2.45) is 5.73 Å². The Bertz CT molecular complexity index is 603. The number of nitro benzene ring substituents is 1. The number of amides is 2. The molecule has 0 fully saturated rings. The number of hydrogen-bond acceptors (Lipinski definition) is 7. The van der Waals surface area contributed by atoms with E-state index in [1.807, 2.05) is 0 Å². The maximum atomic E-state index is 11.6. The van der Waals surface area contributed by atoms with Gasteiger partial charge in [-0.25, -0.2) is 0 Å². The van der Waals surface area contributed by atoms with Gasteiger partial charge in [0.25, 0.3) is 5.69 Å². The lowest BCUT2D eigenvalue weighted by Gasteiger charge is -2.08. The molecule has 1 aliphatic heterocycles. The zero-order chi connectivity index (χ0) is 15.4. The van der Waals surface area contributed by atoms with Crippen molar-refractivity contribution in [3.05, 3.63) is 22.2 Å². The maximum Gasteiger partial charge on any atom is 0.296 e. The molecule has 0 saturated heterocycles. The van der Waals surface area contributed by atoms with Crippen molar-refractivity contribution in [1.82, 2.24) is 5.32 Å². The third-order valence-electron chi connectivity index (χ3n) is 2.59. The second-order valence-corrected chi connectivity index (χ2v) is 4.01. The first-order chi connectivity index (χ1) is 10.0. The van der Waals surface area contributed by atoms with E-state index in [0.29, 0.717) is 5.75 Å². The molecule has 2 amide bonds. The number of nitrogens with zero attached hydrogens (tertiary/aromatic N) is 1. The standard InChI is InChI=1S/C11H12N4O6/c12-3-10(16)13-4-11(17)14-6-1-8-9(21-5-20-8)2-7(6)15(18)19/h1-2H,3-5,12H2,(H,13,16)(H,14,17). The lowest BCUT2D eigenvalue weighted by atomic mass is 10.2. The van der Waals surface area contributed by atoms with Gasteiger partial charge in [0.05, 0.1) is 24.1 Å². The fraction of sp³-hybridized carbons (Fsp3) is 0.273. The molecule has 10 nitrogen and oxygen atoms in total. The first-order valence-electron chi connectivity index (χ1n) is 5.86. The highest BCUT2D eigenvalue weighted by Gasteiger charge is 2.24. The predicted octanol–water partition coefficient (Wildman–Crippen LogP) is -0.663. The molecule has 2 rings (SSSR count). The summed E-state index contributed by atoms with van der Waals surface area (Å²) in [6.45, 7) is -0.643. The van der Waals surface area contributed by atoms with E-state index >= 15 is 0 Å². The molecular weight excluding hydrogens is 284 g/mol. The van der Waals surface area contributed by atoms with Crippen LogP contribution in [0.2, 0.25) is 0 Å². The Kier molecular flexibility index (Phi) is 4.18. The van der Waals surface area contributed by atoms with Gasteiger partial charge in [0, 0.05) is 6.07 Å². The largest absolute Gasteiger partial charge is 0.454 e. The van der Waals surface area contributed by atoms with Crippen molar-refractivity contribution in [2.45, 2.75) is 0 Å². The highest BCUT2D eigenvalue weighted by Crippen LogP contribution is 2.40. The van der Waals surface area contributed by atoms with Crippen LogP contribution >= 0.6 is 0 Å². The molecule has 1 aromatic carbocycles. The molecule has 0 spiro atoms. The minimum atomic E-state index is -0.657. The van der Waals surface area contributed by atoms with E-state index in [-0.39, 0.29) is 37.0 Å². The quantitative estimate of drug-likeness (QED) is 0.482. The number of carbonyl (C=O) groups excluding carboxylic acids is 2. The minimum absolute atomic E-state index is 0.0451. The molecular formula is C11H12N4O6. The fourth-order valence-electron chi connectivity index (χ4n) is 1.63. The predicted molar refractivity (Wildman–Crippen MR) is 69.9 cm³/mol. The summed E-state index contributed by atoms with van der Waals surface area (Å²) >= 11 is 0. The summed E-state index contributed by atoms with van der Waals surface area (Å²) in [5.41, 5.74) is 4.69. The second kappa shape index (κ2) is 6.05. The molecule has 10 heteroatoms. The number of ether oxygens (including phenoxy) is 2. The summed E-state index contributed by atoms with van der Waals surface area (Å²) < 4.78 is 10.1. The number of rotatable bonds is 5. The van der Waals surface area contributed by atoms with E-state index in [9.17, 15) is 19.7 Å². The molecule has 4 N–H and O–H groups in total. The molecule has 0 bridgehead atoms. The Hall–Kier alpha value is -2.88. The molecule has 1 aromatic rings. The summed E-state index contributed by atoms with van der Waals surface area (Å²) in [6.07, 6.45) is 0. The Morgan fingerprint density at radius 3 is 2.57 bits per heavy atom. The molecule has 0 radical (unpaired) electrons. The fourth-order valence-corrected chi connectivity index (χ4v) is 1.63. The molecule has 1 heterocycles. The number of nitro groups is 1. The Balaban J connectivity index is 2.13. The molecule has 0 atom stereocenters. The topological polar surface area (TPSA) is 146 Å². The average molecular weight is 296 g/mol. The van der Waals surface area contributed by atoms with E-state index in [1.165, 1.54) is 6.07 Å². The van der Waals surface area contributed by atoms with Crippen LogP contribution in [0, 0.1) is 10.1 Å². The van der Waals surface area contributed by atoms with Gasteiger partial charge < -0.3 is 25.8 Å². The van der Waals surface area contributed by atoms with Crippen molar-refractivity contribution >= 4 is 23.2 Å². The Labute approximate surface area is 118 Å². The molecule has 21 heavy (non-hydrogen) atoms. The summed E-state index contributed by atoms with van der Waals surface area (Å²) in [6, 6.07) is 2.46. The highest BCUT2D eigenvalue weighted by molar-refractivity contribution is 5.97. The first kappa shape index (κ1) is 14.5. The molecule has 0 aromatic heterocycles. The summed E-state index contributed by atoms with van der Waals surface area (Å²) in [7, 11) is 0. The lowest BCUT2D eigenvalue weighted by molar-refractivity contribution is -0.384. The normalized spacial score (nSPS) is 11.9. The number of fused-ring (bicyclic) bond motifs is 1. The van der Waals surface area contributed by atoms with Crippen molar-refractivity contribution < 1.29 is 24.0 Å². The van der Waals surface area contributed by atoms with Gasteiger partial charge in [-0.1, -0.05) is 0 Å². The number of hydrogen-bond donors (Lipinski definition) is 3. The number of nitrogens with two attached hydrogens (primary N) is 1.